The second-order valence-corrected chi connectivity index (χ2v) is 2.75. The summed E-state index contributed by atoms with van der Waals surface area (Å²) in [5, 5.41) is 3.90. The molecule has 0 unspecified atom stereocenters. The van der Waals surface area contributed by atoms with Crippen molar-refractivity contribution in [2.24, 2.45) is 5.73 Å². The van der Waals surface area contributed by atoms with Crippen LogP contribution in [-0.2, 0) is 6.54 Å². The summed E-state index contributed by atoms with van der Waals surface area (Å²) in [7, 11) is 0. The third-order valence-electron chi connectivity index (χ3n) is 1.83. The zero-order chi connectivity index (χ0) is 11.1. The van der Waals surface area contributed by atoms with E-state index in [2.05, 4.69) is 5.16 Å². The first kappa shape index (κ1) is 11.5. The van der Waals surface area contributed by atoms with Gasteiger partial charge in [-0.2, -0.15) is 0 Å². The minimum Gasteiger partial charge on any atom is -0.359 e. The molecule has 0 aliphatic rings. The van der Waals surface area contributed by atoms with Crippen LogP contribution >= 0.6 is 0 Å². The predicted molar refractivity (Wildman–Crippen MR) is 63.3 cm³/mol. The van der Waals surface area contributed by atoms with E-state index in [4.69, 9.17) is 10.3 Å². The summed E-state index contributed by atoms with van der Waals surface area (Å²) < 4.78 is 4.99. The number of rotatable bonds is 2. The van der Waals surface area contributed by atoms with Gasteiger partial charge in [0, 0.05) is 13.1 Å². The molecular weight excluding hydrogens is 188 g/mol. The van der Waals surface area contributed by atoms with Gasteiger partial charge in [-0.15, -0.1) is 0 Å². The van der Waals surface area contributed by atoms with Gasteiger partial charge in [-0.1, -0.05) is 49.3 Å². The van der Waals surface area contributed by atoms with Crippen molar-refractivity contribution in [3.63, 3.8) is 0 Å². The van der Waals surface area contributed by atoms with Crippen LogP contribution in [0.3, 0.4) is 0 Å². The Labute approximate surface area is 91.4 Å². The van der Waals surface area contributed by atoms with Crippen LogP contribution in [0.15, 0.2) is 40.9 Å². The van der Waals surface area contributed by atoms with E-state index in [0.29, 0.717) is 12.3 Å². The van der Waals surface area contributed by atoms with Crippen LogP contribution in [-0.4, -0.2) is 5.16 Å². The largest absolute Gasteiger partial charge is 0.359 e. The average molecular weight is 206 g/mol. The van der Waals surface area contributed by atoms with Gasteiger partial charge < -0.3 is 10.3 Å². The van der Waals surface area contributed by atoms with E-state index in [0.717, 1.165) is 11.3 Å². The van der Waals surface area contributed by atoms with Crippen molar-refractivity contribution in [3.05, 3.63) is 42.2 Å². The fourth-order valence-electron chi connectivity index (χ4n) is 1.15. The summed E-state index contributed by atoms with van der Waals surface area (Å²) in [5.41, 5.74) is 7.29. The minimum atomic E-state index is 0. The molecule has 0 saturated heterocycles. The van der Waals surface area contributed by atoms with Gasteiger partial charge in [0.25, 0.3) is 0 Å². The minimum absolute atomic E-state index is 0. The van der Waals surface area contributed by atoms with E-state index < -0.39 is 0 Å². The smallest absolute Gasteiger partial charge is 0.150 e. The molecule has 0 saturated carbocycles. The van der Waals surface area contributed by atoms with E-state index in [1.807, 2.05) is 50.2 Å². The molecule has 0 atom stereocenters. The molecule has 2 N–H and O–H groups in total. The van der Waals surface area contributed by atoms with Crippen LogP contribution < -0.4 is 5.73 Å². The molecule has 2 rings (SSSR count). The summed E-state index contributed by atoms with van der Waals surface area (Å²) >= 11 is 0. The molecule has 2 aromatic rings. The van der Waals surface area contributed by atoms with Crippen molar-refractivity contribution in [2.75, 3.05) is 0 Å². The zero-order valence-electron chi connectivity index (χ0n) is 9.10. The van der Waals surface area contributed by atoms with Gasteiger partial charge in [-0.3, -0.25) is 0 Å². The monoisotopic (exact) mass is 206 g/mol. The van der Waals surface area contributed by atoms with E-state index >= 15 is 0 Å². The molecule has 0 fully saturated rings. The Kier molecular flexibility index (Phi) is 4.57. The molecular formula is C12H18N2O. The van der Waals surface area contributed by atoms with Crippen LogP contribution in [0, 0.1) is 0 Å². The predicted octanol–water partition coefficient (Wildman–Crippen LogP) is 3.07. The quantitative estimate of drug-likeness (QED) is 0.821. The molecule has 0 amide bonds. The summed E-state index contributed by atoms with van der Waals surface area (Å²) in [4.78, 5) is 0. The fourth-order valence-corrected chi connectivity index (χ4v) is 1.15. The first-order valence-electron chi connectivity index (χ1n) is 5.11. The number of nitrogens with two attached hydrogens (primary N) is 1. The SMILES string of the molecule is CC.NCc1cc(-c2ccccc2)no1.[HH]. The number of hydrogen-bond donors (Lipinski definition) is 1. The van der Waals surface area contributed by atoms with E-state index in [1.54, 1.807) is 0 Å². The van der Waals surface area contributed by atoms with Gasteiger partial charge in [0.1, 0.15) is 5.69 Å². The van der Waals surface area contributed by atoms with E-state index in [-0.39, 0.29) is 1.43 Å². The molecule has 82 valence electrons. The highest BCUT2D eigenvalue weighted by molar-refractivity contribution is 5.58. The van der Waals surface area contributed by atoms with Crippen LogP contribution in [0.25, 0.3) is 11.3 Å². The normalized spacial score (nSPS) is 9.27. The molecule has 1 aromatic carbocycles. The van der Waals surface area contributed by atoms with Gasteiger partial charge in [-0.25, -0.2) is 0 Å². The Hall–Kier alpha value is -1.61. The molecule has 3 heteroatoms. The highest BCUT2D eigenvalue weighted by atomic mass is 16.5. The molecule has 0 aliphatic carbocycles. The van der Waals surface area contributed by atoms with Gasteiger partial charge in [-0.05, 0) is 0 Å². The summed E-state index contributed by atoms with van der Waals surface area (Å²) in [5.74, 6) is 0.707. The molecule has 0 radical (unpaired) electrons. The second kappa shape index (κ2) is 5.98. The lowest BCUT2D eigenvalue weighted by atomic mass is 10.1. The number of nitrogens with zero attached hydrogens (tertiary/aromatic N) is 1. The lowest BCUT2D eigenvalue weighted by molar-refractivity contribution is 0.387. The third kappa shape index (κ3) is 2.92. The van der Waals surface area contributed by atoms with Crippen LogP contribution in [0.5, 0.6) is 0 Å². The van der Waals surface area contributed by atoms with Crippen molar-refractivity contribution >= 4 is 0 Å². The molecule has 0 spiro atoms. The maximum atomic E-state index is 5.41. The van der Waals surface area contributed by atoms with E-state index in [1.165, 1.54) is 0 Å². The first-order chi connectivity index (χ1) is 7.40. The topological polar surface area (TPSA) is 52.0 Å². The van der Waals surface area contributed by atoms with Gasteiger partial charge in [0.15, 0.2) is 5.76 Å². The van der Waals surface area contributed by atoms with Crippen molar-refractivity contribution in [2.45, 2.75) is 20.4 Å². The fraction of sp³-hybridized carbons (Fsp3) is 0.250. The summed E-state index contributed by atoms with van der Waals surface area (Å²) in [6, 6.07) is 11.7. The van der Waals surface area contributed by atoms with Crippen LogP contribution in [0.2, 0.25) is 0 Å². The van der Waals surface area contributed by atoms with Gasteiger partial charge in [0.05, 0.1) is 6.54 Å². The summed E-state index contributed by atoms with van der Waals surface area (Å²) in [6.07, 6.45) is 0. The van der Waals surface area contributed by atoms with Crippen LogP contribution in [0.4, 0.5) is 0 Å². The second-order valence-electron chi connectivity index (χ2n) is 2.75. The Morgan fingerprint density at radius 1 is 1.27 bits per heavy atom. The Morgan fingerprint density at radius 2 is 1.93 bits per heavy atom. The van der Waals surface area contributed by atoms with Crippen molar-refractivity contribution in [1.29, 1.82) is 0 Å². The van der Waals surface area contributed by atoms with Crippen LogP contribution in [0.1, 0.15) is 21.0 Å². The zero-order valence-corrected chi connectivity index (χ0v) is 9.10. The van der Waals surface area contributed by atoms with Crippen molar-refractivity contribution in [3.8, 4) is 11.3 Å². The van der Waals surface area contributed by atoms with E-state index in [9.17, 15) is 0 Å². The molecule has 1 aromatic heterocycles. The lowest BCUT2D eigenvalue weighted by Gasteiger charge is -1.91. The first-order valence-corrected chi connectivity index (χ1v) is 5.11. The number of hydrogen-bond acceptors (Lipinski definition) is 3. The van der Waals surface area contributed by atoms with Gasteiger partial charge in [0.2, 0.25) is 0 Å². The van der Waals surface area contributed by atoms with Gasteiger partial charge >= 0.3 is 0 Å². The Balaban J connectivity index is 0.000000711. The molecule has 15 heavy (non-hydrogen) atoms. The van der Waals surface area contributed by atoms with Crippen molar-refractivity contribution < 1.29 is 5.95 Å². The number of benzene rings is 1. The summed E-state index contributed by atoms with van der Waals surface area (Å²) in [6.45, 7) is 4.39. The molecule has 0 bridgehead atoms. The Bertz CT molecular complexity index is 387. The Morgan fingerprint density at radius 3 is 2.47 bits per heavy atom. The highest BCUT2D eigenvalue weighted by Crippen LogP contribution is 2.17. The highest BCUT2D eigenvalue weighted by Gasteiger charge is 2.03. The third-order valence-corrected chi connectivity index (χ3v) is 1.83. The number of aromatic nitrogens is 1. The molecule has 0 aliphatic heterocycles. The molecule has 3 nitrogen and oxygen atoms in total. The average Bonchev–Trinajstić information content (AvgIpc) is 2.81. The maximum absolute atomic E-state index is 5.41. The molecule has 1 heterocycles. The maximum Gasteiger partial charge on any atom is 0.150 e. The lowest BCUT2D eigenvalue weighted by Crippen LogP contribution is -1.92. The standard InChI is InChI=1S/C10H10N2O.C2H6.H2/c11-7-9-6-10(12-13-9)8-4-2-1-3-5-8;1-2;/h1-6H,7,11H2;1-2H3;1H. The van der Waals surface area contributed by atoms with Crippen molar-refractivity contribution in [1.82, 2.24) is 5.16 Å².